The van der Waals surface area contributed by atoms with Crippen LogP contribution in [0, 0.1) is 29.4 Å². The zero-order valence-corrected chi connectivity index (χ0v) is 18.7. The molecule has 30 heavy (non-hydrogen) atoms. The molecule has 1 N–H and O–H groups in total. The Kier molecular flexibility index (Phi) is 9.36. The lowest BCUT2D eigenvalue weighted by molar-refractivity contribution is 0.246. The van der Waals surface area contributed by atoms with Crippen molar-refractivity contribution in [2.45, 2.75) is 96.3 Å². The second-order valence-electron chi connectivity index (χ2n) is 9.73. The first-order valence-corrected chi connectivity index (χ1v) is 12.4. The molecule has 0 amide bonds. The van der Waals surface area contributed by atoms with Crippen LogP contribution < -0.4 is 0 Å². The zero-order valence-electron chi connectivity index (χ0n) is 18.7. The molecule has 2 aliphatic carbocycles. The number of rotatable bonds is 9. The summed E-state index contributed by atoms with van der Waals surface area (Å²) in [5.74, 6) is 1.78. The number of aliphatic hydroxyl groups excluding tert-OH is 1. The minimum absolute atomic E-state index is 0.0190. The number of hydrogen-bond acceptors (Lipinski definition) is 1. The lowest BCUT2D eigenvalue weighted by Gasteiger charge is -2.31. The first kappa shape index (κ1) is 23.4. The van der Waals surface area contributed by atoms with Gasteiger partial charge < -0.3 is 5.11 Å². The molecule has 2 saturated carbocycles. The van der Waals surface area contributed by atoms with Crippen LogP contribution in [0.3, 0.4) is 0 Å². The first-order chi connectivity index (χ1) is 14.6. The number of hydrogen-bond donors (Lipinski definition) is 1. The maximum Gasteiger partial charge on any atom is 0.129 e. The Morgan fingerprint density at radius 2 is 1.47 bits per heavy atom. The van der Waals surface area contributed by atoms with Gasteiger partial charge in [0.05, 0.1) is 0 Å². The fourth-order valence-corrected chi connectivity index (χ4v) is 5.59. The molecule has 1 nitrogen and oxygen atoms in total. The molecule has 2 fully saturated rings. The highest BCUT2D eigenvalue weighted by Crippen LogP contribution is 2.40. The van der Waals surface area contributed by atoms with Gasteiger partial charge in [-0.1, -0.05) is 38.3 Å². The van der Waals surface area contributed by atoms with Gasteiger partial charge in [-0.2, -0.15) is 0 Å². The average molecular weight is 419 g/mol. The summed E-state index contributed by atoms with van der Waals surface area (Å²) >= 11 is 0. The molecule has 3 heteroatoms. The van der Waals surface area contributed by atoms with E-state index >= 15 is 0 Å². The Balaban J connectivity index is 1.39. The number of halogens is 2. The van der Waals surface area contributed by atoms with Gasteiger partial charge in [-0.25, -0.2) is 8.78 Å². The van der Waals surface area contributed by atoms with E-state index in [1.807, 2.05) is 0 Å². The van der Waals surface area contributed by atoms with Gasteiger partial charge in [-0.05, 0) is 99.2 Å². The Morgan fingerprint density at radius 1 is 0.900 bits per heavy atom. The summed E-state index contributed by atoms with van der Waals surface area (Å²) in [6.07, 6.45) is 20.0. The van der Waals surface area contributed by atoms with E-state index in [9.17, 15) is 8.78 Å². The molecule has 1 aromatic rings. The van der Waals surface area contributed by atoms with Gasteiger partial charge in [0.2, 0.25) is 0 Å². The molecule has 0 aromatic heterocycles. The van der Waals surface area contributed by atoms with Crippen LogP contribution in [0.2, 0.25) is 0 Å². The first-order valence-electron chi connectivity index (χ1n) is 12.4. The number of allylic oxidation sites excluding steroid dienone is 2. The topological polar surface area (TPSA) is 20.2 Å². The summed E-state index contributed by atoms with van der Waals surface area (Å²) in [6.45, 7) is 2.01. The Bertz CT molecular complexity index is 644. The van der Waals surface area contributed by atoms with Gasteiger partial charge in [-0.3, -0.25) is 0 Å². The minimum Gasteiger partial charge on any atom is -0.396 e. The molecule has 1 aromatic carbocycles. The molecule has 2 aliphatic rings. The number of aliphatic hydroxyl groups is 1. The molecule has 0 radical (unpaired) electrons. The van der Waals surface area contributed by atoms with Crippen LogP contribution in [0.5, 0.6) is 0 Å². The second-order valence-corrected chi connectivity index (χ2v) is 9.73. The van der Waals surface area contributed by atoms with E-state index in [2.05, 4.69) is 19.1 Å². The predicted octanol–water partition coefficient (Wildman–Crippen LogP) is 7.72. The molecule has 3 rings (SSSR count). The minimum atomic E-state index is -0.499. The monoisotopic (exact) mass is 418 g/mol. The smallest absolute Gasteiger partial charge is 0.129 e. The van der Waals surface area contributed by atoms with Crippen molar-refractivity contribution in [1.29, 1.82) is 0 Å². The summed E-state index contributed by atoms with van der Waals surface area (Å²) in [7, 11) is 0. The van der Waals surface area contributed by atoms with Crippen LogP contribution in [0.4, 0.5) is 8.78 Å². The van der Waals surface area contributed by atoms with E-state index in [0.29, 0.717) is 0 Å². The molecule has 0 spiro atoms. The quantitative estimate of drug-likeness (QED) is 0.407. The van der Waals surface area contributed by atoms with Crippen LogP contribution >= 0.6 is 0 Å². The van der Waals surface area contributed by atoms with Crippen molar-refractivity contribution < 1.29 is 13.9 Å². The largest absolute Gasteiger partial charge is 0.396 e. The van der Waals surface area contributed by atoms with Crippen LogP contribution in [-0.4, -0.2) is 11.7 Å². The zero-order chi connectivity index (χ0) is 21.3. The lowest BCUT2D eigenvalue weighted by atomic mass is 9.74. The molecule has 0 aliphatic heterocycles. The highest BCUT2D eigenvalue weighted by atomic mass is 19.1. The third-order valence-electron chi connectivity index (χ3n) is 7.58. The van der Waals surface area contributed by atoms with Crippen molar-refractivity contribution in [3.05, 3.63) is 47.0 Å². The standard InChI is InChI=1S/C27H40F2O/c1-2-3-4-5-20-6-8-21(9-7-20)10-11-22-12-14-23(15-13-22)24-18-26(28)25(16-17-30)27(29)19-24/h4-5,18-23,30H,2-3,6-17H2,1H3/b5-4+. The Hall–Kier alpha value is -1.22. The van der Waals surface area contributed by atoms with E-state index in [-0.39, 0.29) is 24.5 Å². The molecule has 168 valence electrons. The van der Waals surface area contributed by atoms with Crippen molar-refractivity contribution in [3.63, 3.8) is 0 Å². The van der Waals surface area contributed by atoms with Crippen LogP contribution in [0.25, 0.3) is 0 Å². The van der Waals surface area contributed by atoms with Crippen LogP contribution in [0.1, 0.15) is 101 Å². The Morgan fingerprint density at radius 3 is 2.00 bits per heavy atom. The number of unbranched alkanes of at least 4 members (excludes halogenated alkanes) is 1. The van der Waals surface area contributed by atoms with Gasteiger partial charge in [0, 0.05) is 18.6 Å². The number of benzene rings is 1. The van der Waals surface area contributed by atoms with Crippen molar-refractivity contribution in [1.82, 2.24) is 0 Å². The molecule has 0 saturated heterocycles. The van der Waals surface area contributed by atoms with Crippen molar-refractivity contribution in [2.24, 2.45) is 17.8 Å². The van der Waals surface area contributed by atoms with Gasteiger partial charge in [0.1, 0.15) is 11.6 Å². The summed E-state index contributed by atoms with van der Waals surface area (Å²) in [4.78, 5) is 0. The lowest BCUT2D eigenvalue weighted by Crippen LogP contribution is -2.17. The van der Waals surface area contributed by atoms with Gasteiger partial charge in [0.25, 0.3) is 0 Å². The van der Waals surface area contributed by atoms with Gasteiger partial charge in [0.15, 0.2) is 0 Å². The second kappa shape index (κ2) is 12.0. The molecule has 0 heterocycles. The maximum atomic E-state index is 14.2. The molecule has 0 atom stereocenters. The SMILES string of the molecule is CCC/C=C/C1CCC(CCC2CCC(c3cc(F)c(CCO)c(F)c3)CC2)CC1. The van der Waals surface area contributed by atoms with Crippen LogP contribution in [0.15, 0.2) is 24.3 Å². The maximum absolute atomic E-state index is 14.2. The summed E-state index contributed by atoms with van der Waals surface area (Å²) < 4.78 is 28.4. The van der Waals surface area contributed by atoms with E-state index in [1.54, 1.807) is 0 Å². The molecular formula is C27H40F2O. The third-order valence-corrected chi connectivity index (χ3v) is 7.58. The van der Waals surface area contributed by atoms with Crippen molar-refractivity contribution in [2.75, 3.05) is 6.61 Å². The fraction of sp³-hybridized carbons (Fsp3) is 0.704. The molecular weight excluding hydrogens is 378 g/mol. The molecule has 0 unspecified atom stereocenters. The van der Waals surface area contributed by atoms with E-state index < -0.39 is 11.6 Å². The highest BCUT2D eigenvalue weighted by molar-refractivity contribution is 5.29. The van der Waals surface area contributed by atoms with Gasteiger partial charge >= 0.3 is 0 Å². The van der Waals surface area contributed by atoms with E-state index in [4.69, 9.17) is 5.11 Å². The van der Waals surface area contributed by atoms with Crippen molar-refractivity contribution in [3.8, 4) is 0 Å². The summed E-state index contributed by atoms with van der Waals surface area (Å²) in [5, 5.41) is 8.98. The van der Waals surface area contributed by atoms with E-state index in [1.165, 1.54) is 76.3 Å². The summed E-state index contributed by atoms with van der Waals surface area (Å²) in [6, 6.07) is 3.01. The van der Waals surface area contributed by atoms with Gasteiger partial charge in [-0.15, -0.1) is 0 Å². The third kappa shape index (κ3) is 6.64. The Labute approximate surface area is 182 Å². The highest BCUT2D eigenvalue weighted by Gasteiger charge is 2.26. The van der Waals surface area contributed by atoms with E-state index in [0.717, 1.165) is 36.2 Å². The average Bonchev–Trinajstić information content (AvgIpc) is 2.76. The predicted molar refractivity (Wildman–Crippen MR) is 121 cm³/mol. The summed E-state index contributed by atoms with van der Waals surface area (Å²) in [5.41, 5.74) is 0.824. The normalized spacial score (nSPS) is 27.6. The van der Waals surface area contributed by atoms with Crippen molar-refractivity contribution >= 4 is 0 Å². The van der Waals surface area contributed by atoms with Crippen LogP contribution in [-0.2, 0) is 6.42 Å². The molecule has 0 bridgehead atoms. The fourth-order valence-electron chi connectivity index (χ4n) is 5.59.